The van der Waals surface area contributed by atoms with Crippen molar-refractivity contribution in [2.24, 2.45) is 0 Å². The highest BCUT2D eigenvalue weighted by Crippen LogP contribution is 2.27. The fourth-order valence-electron chi connectivity index (χ4n) is 2.81. The second-order valence-electron chi connectivity index (χ2n) is 6.54. The summed E-state index contributed by atoms with van der Waals surface area (Å²) in [6.07, 6.45) is 1.01. The van der Waals surface area contributed by atoms with Gasteiger partial charge in [-0.1, -0.05) is 47.6 Å². The number of phenolic OH excluding ortho intramolecular Hbond substituents is 1. The molecule has 0 saturated heterocycles. The average Bonchev–Trinajstić information content (AvgIpc) is 3.16. The summed E-state index contributed by atoms with van der Waals surface area (Å²) < 4.78 is 6.98. The molecule has 0 spiro atoms. The lowest BCUT2D eigenvalue weighted by Crippen LogP contribution is -2.17. The lowest BCUT2D eigenvalue weighted by atomic mass is 10.2. The molecule has 0 aliphatic rings. The molecule has 0 atom stereocenters. The molecule has 4 rings (SSSR count). The summed E-state index contributed by atoms with van der Waals surface area (Å²) in [6.45, 7) is 0.405. The summed E-state index contributed by atoms with van der Waals surface area (Å²) in [5, 5.41) is 28.7. The summed E-state index contributed by atoms with van der Waals surface area (Å²) >= 11 is 7.44. The molecule has 0 aliphatic heterocycles. The molecule has 3 N–H and O–H groups in total. The maximum absolute atomic E-state index is 11.6. The molecule has 0 fully saturated rings. The van der Waals surface area contributed by atoms with Crippen molar-refractivity contribution in [2.75, 3.05) is 5.43 Å². The van der Waals surface area contributed by atoms with Gasteiger partial charge in [0.05, 0.1) is 12.3 Å². The minimum Gasteiger partial charge on any atom is -0.508 e. The third-order valence-electron chi connectivity index (χ3n) is 4.28. The van der Waals surface area contributed by atoms with E-state index in [-0.39, 0.29) is 5.75 Å². The zero-order valence-corrected chi connectivity index (χ0v) is 17.6. The van der Waals surface area contributed by atoms with Crippen LogP contribution >= 0.6 is 23.4 Å². The van der Waals surface area contributed by atoms with Crippen molar-refractivity contribution in [3.05, 3.63) is 87.4 Å². The first-order chi connectivity index (χ1) is 15.0. The molecule has 2 aromatic carbocycles. The van der Waals surface area contributed by atoms with Crippen LogP contribution in [0.2, 0.25) is 5.02 Å². The number of nitrogens with zero attached hydrogens (tertiary/aromatic N) is 3. The second-order valence-corrected chi connectivity index (χ2v) is 7.92. The minimum absolute atomic E-state index is 0.176. The van der Waals surface area contributed by atoms with Gasteiger partial charge in [-0.15, -0.1) is 10.2 Å². The fourth-order valence-corrected chi connectivity index (χ4v) is 3.80. The van der Waals surface area contributed by atoms with E-state index in [1.165, 1.54) is 17.8 Å². The van der Waals surface area contributed by atoms with Crippen molar-refractivity contribution in [2.45, 2.75) is 17.5 Å². The zero-order chi connectivity index (χ0) is 21.8. The van der Waals surface area contributed by atoms with Crippen LogP contribution in [0.25, 0.3) is 11.4 Å². The Balaban J connectivity index is 1.62. The average molecular weight is 457 g/mol. The SMILES string of the molecule is O=c1cc(CSc2nnc(-c3cccc(Cl)c3)n2NCc2cccc(O)c2)occ1O. The number of rotatable bonds is 7. The third-order valence-corrected chi connectivity index (χ3v) is 5.46. The Morgan fingerprint density at radius 1 is 1.10 bits per heavy atom. The molecule has 4 aromatic rings. The molecule has 0 radical (unpaired) electrons. The molecule has 8 nitrogen and oxygen atoms in total. The summed E-state index contributed by atoms with van der Waals surface area (Å²) in [5.41, 5.74) is 4.39. The molecule has 0 amide bonds. The number of halogens is 1. The molecule has 31 heavy (non-hydrogen) atoms. The van der Waals surface area contributed by atoms with Gasteiger partial charge >= 0.3 is 0 Å². The lowest BCUT2D eigenvalue weighted by molar-refractivity contribution is 0.419. The smallest absolute Gasteiger partial charge is 0.226 e. The van der Waals surface area contributed by atoms with E-state index in [9.17, 15) is 15.0 Å². The van der Waals surface area contributed by atoms with E-state index in [2.05, 4.69) is 15.6 Å². The van der Waals surface area contributed by atoms with E-state index in [0.29, 0.717) is 34.1 Å². The summed E-state index contributed by atoms with van der Waals surface area (Å²) in [6, 6.07) is 15.4. The predicted octanol–water partition coefficient (Wildman–Crippen LogP) is 4.00. The van der Waals surface area contributed by atoms with Crippen molar-refractivity contribution < 1.29 is 14.6 Å². The van der Waals surface area contributed by atoms with Crippen molar-refractivity contribution >= 4 is 23.4 Å². The maximum Gasteiger partial charge on any atom is 0.226 e. The predicted molar refractivity (Wildman–Crippen MR) is 118 cm³/mol. The molecular weight excluding hydrogens is 440 g/mol. The Kier molecular flexibility index (Phi) is 6.15. The fraction of sp³-hybridized carbons (Fsp3) is 0.0952. The number of hydrogen-bond acceptors (Lipinski definition) is 8. The van der Waals surface area contributed by atoms with Crippen LogP contribution in [0.15, 0.2) is 75.2 Å². The van der Waals surface area contributed by atoms with E-state index in [1.807, 2.05) is 18.2 Å². The number of aromatic hydroxyl groups is 2. The number of hydrogen-bond donors (Lipinski definition) is 3. The molecular formula is C21H17ClN4O4S. The standard InChI is InChI=1S/C21H17ClN4O4S/c22-15-5-2-4-14(8-15)20-24-25-21(31-12-17-9-18(28)19(29)11-30-17)26(20)23-10-13-3-1-6-16(27)7-13/h1-9,11,23,27,29H,10,12H2. The van der Waals surface area contributed by atoms with Gasteiger partial charge in [0, 0.05) is 16.7 Å². The zero-order valence-electron chi connectivity index (χ0n) is 16.0. The van der Waals surface area contributed by atoms with Crippen LogP contribution in [0.4, 0.5) is 0 Å². The lowest BCUT2D eigenvalue weighted by Gasteiger charge is -2.13. The van der Waals surface area contributed by atoms with E-state index in [0.717, 1.165) is 17.4 Å². The number of nitrogens with one attached hydrogen (secondary N) is 1. The highest BCUT2D eigenvalue weighted by molar-refractivity contribution is 7.98. The largest absolute Gasteiger partial charge is 0.508 e. The topological polar surface area (TPSA) is 113 Å². The Bertz CT molecular complexity index is 1270. The Hall–Kier alpha value is -3.43. The first-order valence-corrected chi connectivity index (χ1v) is 10.5. The number of benzene rings is 2. The highest BCUT2D eigenvalue weighted by atomic mass is 35.5. The van der Waals surface area contributed by atoms with E-state index in [1.54, 1.807) is 35.0 Å². The van der Waals surface area contributed by atoms with Crippen LogP contribution < -0.4 is 10.9 Å². The maximum atomic E-state index is 11.6. The molecule has 10 heteroatoms. The van der Waals surface area contributed by atoms with Crippen molar-refractivity contribution in [1.29, 1.82) is 0 Å². The van der Waals surface area contributed by atoms with Crippen molar-refractivity contribution in [3.63, 3.8) is 0 Å². The third kappa shape index (κ3) is 5.01. The summed E-state index contributed by atoms with van der Waals surface area (Å²) in [7, 11) is 0. The first kappa shape index (κ1) is 20.8. The van der Waals surface area contributed by atoms with Gasteiger partial charge in [0.2, 0.25) is 10.6 Å². The molecule has 0 aliphatic carbocycles. The van der Waals surface area contributed by atoms with E-state index >= 15 is 0 Å². The van der Waals surface area contributed by atoms with E-state index < -0.39 is 11.2 Å². The van der Waals surface area contributed by atoms with Crippen molar-refractivity contribution in [1.82, 2.24) is 14.9 Å². The van der Waals surface area contributed by atoms with Gasteiger partial charge in [0.15, 0.2) is 11.6 Å². The Morgan fingerprint density at radius 2 is 1.94 bits per heavy atom. The van der Waals surface area contributed by atoms with Crippen molar-refractivity contribution in [3.8, 4) is 22.9 Å². The first-order valence-electron chi connectivity index (χ1n) is 9.16. The molecule has 0 unspecified atom stereocenters. The molecule has 2 heterocycles. The Labute approximate surface area is 186 Å². The second kappa shape index (κ2) is 9.15. The van der Waals surface area contributed by atoms with Gasteiger partial charge in [-0.3, -0.25) is 4.79 Å². The molecule has 2 aromatic heterocycles. The van der Waals surface area contributed by atoms with E-state index in [4.69, 9.17) is 16.0 Å². The van der Waals surface area contributed by atoms with Gasteiger partial charge in [0.1, 0.15) is 17.8 Å². The molecule has 0 bridgehead atoms. The van der Waals surface area contributed by atoms with Gasteiger partial charge in [-0.05, 0) is 29.8 Å². The van der Waals surface area contributed by atoms with Crippen LogP contribution in [0, 0.1) is 0 Å². The monoisotopic (exact) mass is 456 g/mol. The van der Waals surface area contributed by atoms with Crippen LogP contribution in [0.3, 0.4) is 0 Å². The van der Waals surface area contributed by atoms with Crippen LogP contribution in [0.5, 0.6) is 11.5 Å². The molecule has 158 valence electrons. The van der Waals surface area contributed by atoms with Gasteiger partial charge in [-0.2, -0.15) is 0 Å². The van der Waals surface area contributed by atoms with Crippen LogP contribution in [0.1, 0.15) is 11.3 Å². The number of thioether (sulfide) groups is 1. The minimum atomic E-state index is -0.509. The molecule has 0 saturated carbocycles. The number of phenols is 1. The Morgan fingerprint density at radius 3 is 2.71 bits per heavy atom. The van der Waals surface area contributed by atoms with Gasteiger partial charge in [0.25, 0.3) is 0 Å². The van der Waals surface area contributed by atoms with Crippen LogP contribution in [-0.4, -0.2) is 25.1 Å². The quantitative estimate of drug-likeness (QED) is 0.357. The summed E-state index contributed by atoms with van der Waals surface area (Å²) in [5.74, 6) is 0.983. The van der Waals surface area contributed by atoms with Gasteiger partial charge < -0.3 is 20.1 Å². The summed E-state index contributed by atoms with van der Waals surface area (Å²) in [4.78, 5) is 11.6. The highest BCUT2D eigenvalue weighted by Gasteiger charge is 2.16. The van der Waals surface area contributed by atoms with Crippen LogP contribution in [-0.2, 0) is 12.3 Å². The van der Waals surface area contributed by atoms with Gasteiger partial charge in [-0.25, -0.2) is 4.68 Å². The number of aromatic nitrogens is 3. The normalized spacial score (nSPS) is 10.9.